The first-order chi connectivity index (χ1) is 20.3. The molecule has 1 aliphatic heterocycles. The average molecular weight is 548 g/mol. The average Bonchev–Trinajstić information content (AvgIpc) is 3.03. The number of rotatable bonds is 13. The molecule has 5 rings (SSSR count). The maximum Gasteiger partial charge on any atom is 0.217 e. The molecule has 1 fully saturated rings. The number of benzene rings is 3. The first kappa shape index (κ1) is 28.6. The molecule has 0 bridgehead atoms. The maximum atomic E-state index is 6.48. The standard InChI is InChI=1S/C37H41NO3/c1-2-11-29-17-19-31(20-18-29)22-24-35-34(23-21-30-12-5-3-6-13-30)36(40-27-32-14-7-4-8-15-32)26-37(38-35)41-28-33-16-9-10-25-39-33/h3-8,12-15,17-21,23,26,33H,2,9-11,16,22,24-25,27-28H2,1H3/b23-21+. The highest BCUT2D eigenvalue weighted by molar-refractivity contribution is 5.74. The molecule has 0 spiro atoms. The van der Waals surface area contributed by atoms with Gasteiger partial charge >= 0.3 is 0 Å². The summed E-state index contributed by atoms with van der Waals surface area (Å²) in [5.41, 5.74) is 6.91. The van der Waals surface area contributed by atoms with Crippen molar-refractivity contribution in [3.05, 3.63) is 125 Å². The van der Waals surface area contributed by atoms with E-state index in [0.717, 1.165) is 73.3 Å². The Labute approximate surface area is 245 Å². The van der Waals surface area contributed by atoms with E-state index in [9.17, 15) is 0 Å². The lowest BCUT2D eigenvalue weighted by molar-refractivity contribution is -0.0120. The molecule has 2 heterocycles. The summed E-state index contributed by atoms with van der Waals surface area (Å²) in [6.07, 6.45) is 11.6. The minimum Gasteiger partial charge on any atom is -0.488 e. The highest BCUT2D eigenvalue weighted by Crippen LogP contribution is 2.31. The summed E-state index contributed by atoms with van der Waals surface area (Å²) in [5, 5.41) is 0. The van der Waals surface area contributed by atoms with Gasteiger partial charge < -0.3 is 14.2 Å². The first-order valence-electron chi connectivity index (χ1n) is 15.0. The third-order valence-electron chi connectivity index (χ3n) is 7.46. The van der Waals surface area contributed by atoms with Crippen LogP contribution in [0.4, 0.5) is 0 Å². The van der Waals surface area contributed by atoms with Gasteiger partial charge in [0.05, 0.1) is 11.8 Å². The molecule has 3 aromatic carbocycles. The molecule has 41 heavy (non-hydrogen) atoms. The van der Waals surface area contributed by atoms with Crippen molar-refractivity contribution in [2.75, 3.05) is 13.2 Å². The number of aryl methyl sites for hydroxylation is 3. The fraction of sp³-hybridized carbons (Fsp3) is 0.324. The lowest BCUT2D eigenvalue weighted by atomic mass is 10.0. The lowest BCUT2D eigenvalue weighted by Crippen LogP contribution is -2.26. The van der Waals surface area contributed by atoms with Crippen molar-refractivity contribution in [1.29, 1.82) is 0 Å². The molecule has 1 aliphatic rings. The second kappa shape index (κ2) is 15.2. The highest BCUT2D eigenvalue weighted by Gasteiger charge is 2.18. The number of pyridine rings is 1. The van der Waals surface area contributed by atoms with Crippen LogP contribution >= 0.6 is 0 Å². The van der Waals surface area contributed by atoms with Gasteiger partial charge in [0.15, 0.2) is 0 Å². The summed E-state index contributed by atoms with van der Waals surface area (Å²) >= 11 is 0. The van der Waals surface area contributed by atoms with Gasteiger partial charge in [-0.2, -0.15) is 0 Å². The zero-order valence-electron chi connectivity index (χ0n) is 24.1. The molecular formula is C37H41NO3. The lowest BCUT2D eigenvalue weighted by Gasteiger charge is -2.23. The second-order valence-corrected chi connectivity index (χ2v) is 10.7. The third-order valence-corrected chi connectivity index (χ3v) is 7.46. The van der Waals surface area contributed by atoms with Gasteiger partial charge in [0.25, 0.3) is 0 Å². The molecule has 0 aliphatic carbocycles. The van der Waals surface area contributed by atoms with Crippen LogP contribution in [-0.2, 0) is 30.6 Å². The van der Waals surface area contributed by atoms with E-state index in [-0.39, 0.29) is 6.10 Å². The van der Waals surface area contributed by atoms with Crippen LogP contribution in [-0.4, -0.2) is 24.3 Å². The van der Waals surface area contributed by atoms with Crippen molar-refractivity contribution in [1.82, 2.24) is 4.98 Å². The fourth-order valence-corrected chi connectivity index (χ4v) is 5.14. The Bertz CT molecular complexity index is 1360. The van der Waals surface area contributed by atoms with E-state index in [1.165, 1.54) is 17.5 Å². The van der Waals surface area contributed by atoms with E-state index in [1.54, 1.807) is 0 Å². The van der Waals surface area contributed by atoms with Gasteiger partial charge in [-0.3, -0.25) is 0 Å². The van der Waals surface area contributed by atoms with Crippen molar-refractivity contribution in [2.45, 2.75) is 64.6 Å². The van der Waals surface area contributed by atoms with Gasteiger partial charge in [-0.05, 0) is 66.9 Å². The van der Waals surface area contributed by atoms with Crippen LogP contribution in [0.25, 0.3) is 12.2 Å². The quantitative estimate of drug-likeness (QED) is 0.168. The van der Waals surface area contributed by atoms with Crippen LogP contribution in [0.1, 0.15) is 66.1 Å². The van der Waals surface area contributed by atoms with Crippen LogP contribution in [0.5, 0.6) is 11.6 Å². The topological polar surface area (TPSA) is 40.6 Å². The molecule has 4 heteroatoms. The zero-order chi connectivity index (χ0) is 28.1. The molecule has 1 aromatic heterocycles. The van der Waals surface area contributed by atoms with Crippen LogP contribution in [0, 0.1) is 0 Å². The summed E-state index contributed by atoms with van der Waals surface area (Å²) in [4.78, 5) is 5.04. The SMILES string of the molecule is CCCc1ccc(CCc2nc(OCC3CCCCO3)cc(OCc3ccccc3)c2/C=C/c2ccccc2)cc1. The molecule has 212 valence electrons. The van der Waals surface area contributed by atoms with Crippen LogP contribution in [0.15, 0.2) is 91.0 Å². The largest absolute Gasteiger partial charge is 0.488 e. The van der Waals surface area contributed by atoms with Gasteiger partial charge in [0.1, 0.15) is 19.0 Å². The molecule has 1 unspecified atom stereocenters. The summed E-state index contributed by atoms with van der Waals surface area (Å²) in [5.74, 6) is 1.37. The van der Waals surface area contributed by atoms with E-state index in [0.29, 0.717) is 19.1 Å². The molecule has 4 aromatic rings. The fourth-order valence-electron chi connectivity index (χ4n) is 5.14. The van der Waals surface area contributed by atoms with E-state index in [4.69, 9.17) is 19.2 Å². The summed E-state index contributed by atoms with van der Waals surface area (Å²) < 4.78 is 18.6. The molecule has 0 radical (unpaired) electrons. The molecule has 0 N–H and O–H groups in total. The van der Waals surface area contributed by atoms with Crippen LogP contribution < -0.4 is 9.47 Å². The zero-order valence-corrected chi connectivity index (χ0v) is 24.1. The van der Waals surface area contributed by atoms with Crippen LogP contribution in [0.3, 0.4) is 0 Å². The predicted molar refractivity (Wildman–Crippen MR) is 167 cm³/mol. The van der Waals surface area contributed by atoms with E-state index >= 15 is 0 Å². The Hall–Kier alpha value is -3.89. The Morgan fingerprint density at radius 2 is 1.51 bits per heavy atom. The van der Waals surface area contributed by atoms with Gasteiger partial charge in [0.2, 0.25) is 5.88 Å². The number of aromatic nitrogens is 1. The summed E-state index contributed by atoms with van der Waals surface area (Å²) in [6.45, 7) is 4.00. The van der Waals surface area contributed by atoms with E-state index < -0.39 is 0 Å². The number of hydrogen-bond acceptors (Lipinski definition) is 4. The van der Waals surface area contributed by atoms with Crippen molar-refractivity contribution < 1.29 is 14.2 Å². The predicted octanol–water partition coefficient (Wildman–Crippen LogP) is 8.52. The number of hydrogen-bond donors (Lipinski definition) is 0. The van der Waals surface area contributed by atoms with Gasteiger partial charge in [-0.25, -0.2) is 4.98 Å². The Kier molecular flexibility index (Phi) is 10.6. The van der Waals surface area contributed by atoms with Crippen molar-refractivity contribution in [3.8, 4) is 11.6 Å². The summed E-state index contributed by atoms with van der Waals surface area (Å²) in [6, 6.07) is 31.6. The minimum atomic E-state index is 0.113. The second-order valence-electron chi connectivity index (χ2n) is 10.7. The van der Waals surface area contributed by atoms with Crippen LogP contribution in [0.2, 0.25) is 0 Å². The molecule has 1 atom stereocenters. The Balaban J connectivity index is 1.44. The Morgan fingerprint density at radius 3 is 2.22 bits per heavy atom. The molecule has 0 amide bonds. The van der Waals surface area contributed by atoms with Crippen molar-refractivity contribution in [3.63, 3.8) is 0 Å². The third kappa shape index (κ3) is 8.80. The highest BCUT2D eigenvalue weighted by atomic mass is 16.5. The van der Waals surface area contributed by atoms with E-state index in [1.807, 2.05) is 30.3 Å². The first-order valence-corrected chi connectivity index (χ1v) is 15.0. The van der Waals surface area contributed by atoms with Gasteiger partial charge in [-0.15, -0.1) is 0 Å². The summed E-state index contributed by atoms with van der Waals surface area (Å²) in [7, 11) is 0. The van der Waals surface area contributed by atoms with E-state index in [2.05, 4.69) is 79.7 Å². The number of ether oxygens (including phenoxy) is 3. The number of nitrogens with zero attached hydrogens (tertiary/aromatic N) is 1. The van der Waals surface area contributed by atoms with Crippen molar-refractivity contribution >= 4 is 12.2 Å². The smallest absolute Gasteiger partial charge is 0.217 e. The molecule has 0 saturated carbocycles. The van der Waals surface area contributed by atoms with Crippen molar-refractivity contribution in [2.24, 2.45) is 0 Å². The van der Waals surface area contributed by atoms with Gasteiger partial charge in [-0.1, -0.05) is 104 Å². The molecule has 1 saturated heterocycles. The molecular weight excluding hydrogens is 506 g/mol. The molecule has 4 nitrogen and oxygen atoms in total. The Morgan fingerprint density at radius 1 is 0.780 bits per heavy atom. The van der Waals surface area contributed by atoms with Gasteiger partial charge in [0, 0.05) is 18.2 Å². The normalized spacial score (nSPS) is 15.2. The minimum absolute atomic E-state index is 0.113. The maximum absolute atomic E-state index is 6.48. The monoisotopic (exact) mass is 547 g/mol.